The van der Waals surface area contributed by atoms with E-state index in [1.807, 2.05) is 36.4 Å². The number of hydrogen-bond donors (Lipinski definition) is 0. The molecule has 0 radical (unpaired) electrons. The lowest BCUT2D eigenvalue weighted by molar-refractivity contribution is 0.298. The molecule has 6 heteroatoms. The summed E-state index contributed by atoms with van der Waals surface area (Å²) >= 11 is 3.35. The van der Waals surface area contributed by atoms with E-state index in [0.717, 1.165) is 4.47 Å². The monoisotopic (exact) mass is 516 g/mol. The van der Waals surface area contributed by atoms with Gasteiger partial charge < -0.3 is 4.43 Å². The summed E-state index contributed by atoms with van der Waals surface area (Å²) in [5.74, 6) is 0.0623. The molecule has 3 rings (SSSR count). The first-order valence-corrected chi connectivity index (χ1v) is 14.8. The van der Waals surface area contributed by atoms with Gasteiger partial charge in [-0.05, 0) is 46.1 Å². The molecule has 0 unspecified atom stereocenters. The Morgan fingerprint density at radius 1 is 0.806 bits per heavy atom. The van der Waals surface area contributed by atoms with E-state index in [2.05, 4.69) is 61.0 Å². The molecule has 0 saturated heterocycles. The fourth-order valence-electron chi connectivity index (χ4n) is 4.00. The van der Waals surface area contributed by atoms with Crippen LogP contribution in [0.25, 0.3) is 0 Å². The lowest BCUT2D eigenvalue weighted by Crippen LogP contribution is -2.66. The zero-order valence-electron chi connectivity index (χ0n) is 18.2. The first kappa shape index (κ1) is 23.9. The van der Waals surface area contributed by atoms with Crippen molar-refractivity contribution in [3.8, 4) is 0 Å². The van der Waals surface area contributed by atoms with E-state index >= 15 is 0 Å². The van der Waals surface area contributed by atoms with E-state index < -0.39 is 18.2 Å². The Kier molecular flexibility index (Phi) is 7.58. The van der Waals surface area contributed by atoms with Crippen molar-refractivity contribution in [2.75, 3.05) is 12.4 Å². The van der Waals surface area contributed by atoms with Crippen LogP contribution in [0.4, 0.5) is 0 Å². The summed E-state index contributed by atoms with van der Waals surface area (Å²) in [7, 11) is -5.98. The Morgan fingerprint density at radius 2 is 1.29 bits per heavy atom. The zero-order chi connectivity index (χ0) is 22.5. The van der Waals surface area contributed by atoms with Crippen molar-refractivity contribution in [3.05, 3.63) is 89.4 Å². The highest BCUT2D eigenvalue weighted by atomic mass is 79.9. The Hall–Kier alpha value is -1.73. The summed E-state index contributed by atoms with van der Waals surface area (Å²) in [6.07, 6.45) is 0.447. The maximum atomic E-state index is 12.7. The van der Waals surface area contributed by atoms with Gasteiger partial charge in [0.25, 0.3) is 8.32 Å². The number of hydrogen-bond acceptors (Lipinski definition) is 3. The highest BCUT2D eigenvalue weighted by Crippen LogP contribution is 2.36. The van der Waals surface area contributed by atoms with Crippen LogP contribution in [0.15, 0.2) is 94.3 Å². The van der Waals surface area contributed by atoms with Crippen molar-refractivity contribution >= 4 is 44.5 Å². The fourth-order valence-corrected chi connectivity index (χ4v) is 10.2. The Balaban J connectivity index is 1.85. The van der Waals surface area contributed by atoms with E-state index in [1.165, 1.54) is 10.4 Å². The normalized spacial score (nSPS) is 12.6. The third-order valence-electron chi connectivity index (χ3n) is 5.47. The summed E-state index contributed by atoms with van der Waals surface area (Å²) in [4.78, 5) is 0.348. The van der Waals surface area contributed by atoms with Crippen molar-refractivity contribution in [2.24, 2.45) is 0 Å². The number of rotatable bonds is 8. The van der Waals surface area contributed by atoms with Gasteiger partial charge in [-0.3, -0.25) is 0 Å². The standard InChI is InChI=1S/C25H29BrO3SSi/c1-25(2,3)31(23-11-6-4-7-12-23,24-13-8-5-9-14-24)29-19-10-20-30(27,28)22-17-15-21(26)16-18-22/h4-9,11-18H,10,19-20H2,1-3H3. The zero-order valence-corrected chi connectivity index (χ0v) is 21.6. The molecular formula is C25H29BrO3SSi. The van der Waals surface area contributed by atoms with Gasteiger partial charge in [-0.15, -0.1) is 0 Å². The molecule has 0 aliphatic heterocycles. The number of benzene rings is 3. The van der Waals surface area contributed by atoms with Crippen molar-refractivity contribution < 1.29 is 12.8 Å². The van der Waals surface area contributed by atoms with Crippen LogP contribution in [0.5, 0.6) is 0 Å². The Labute approximate surface area is 195 Å². The molecule has 3 aromatic rings. The minimum atomic E-state index is -3.34. The summed E-state index contributed by atoms with van der Waals surface area (Å²) in [6.45, 7) is 7.05. The highest BCUT2D eigenvalue weighted by molar-refractivity contribution is 9.10. The van der Waals surface area contributed by atoms with Gasteiger partial charge >= 0.3 is 0 Å². The average Bonchev–Trinajstić information content (AvgIpc) is 2.74. The maximum Gasteiger partial charge on any atom is 0.261 e. The number of halogens is 1. The van der Waals surface area contributed by atoms with E-state index in [0.29, 0.717) is 17.9 Å². The molecule has 0 aliphatic carbocycles. The van der Waals surface area contributed by atoms with Crippen LogP contribution in [0.1, 0.15) is 27.2 Å². The van der Waals surface area contributed by atoms with Crippen LogP contribution in [-0.4, -0.2) is 29.1 Å². The predicted molar refractivity (Wildman–Crippen MR) is 134 cm³/mol. The van der Waals surface area contributed by atoms with Crippen LogP contribution in [0.2, 0.25) is 5.04 Å². The number of sulfone groups is 1. The average molecular weight is 518 g/mol. The maximum absolute atomic E-state index is 12.7. The quantitative estimate of drug-likeness (QED) is 0.305. The van der Waals surface area contributed by atoms with Crippen molar-refractivity contribution in [3.63, 3.8) is 0 Å². The second kappa shape index (κ2) is 9.82. The second-order valence-electron chi connectivity index (χ2n) is 8.64. The first-order chi connectivity index (χ1) is 14.7. The van der Waals surface area contributed by atoms with Crippen molar-refractivity contribution in [2.45, 2.75) is 37.1 Å². The minimum absolute atomic E-state index is 0.0623. The van der Waals surface area contributed by atoms with Gasteiger partial charge in [0.15, 0.2) is 9.84 Å². The van der Waals surface area contributed by atoms with Gasteiger partial charge in [0.05, 0.1) is 10.6 Å². The van der Waals surface area contributed by atoms with Crippen LogP contribution in [-0.2, 0) is 14.3 Å². The molecule has 0 bridgehead atoms. The van der Waals surface area contributed by atoms with Crippen LogP contribution >= 0.6 is 15.9 Å². The van der Waals surface area contributed by atoms with E-state index in [4.69, 9.17) is 4.43 Å². The first-order valence-electron chi connectivity index (χ1n) is 10.4. The molecule has 164 valence electrons. The molecule has 0 amide bonds. The second-order valence-corrected chi connectivity index (χ2v) is 16.0. The molecule has 0 aliphatic rings. The Bertz CT molecular complexity index is 1040. The molecular weight excluding hydrogens is 488 g/mol. The molecule has 0 N–H and O–H groups in total. The smallest absolute Gasteiger partial charge is 0.261 e. The van der Waals surface area contributed by atoms with Gasteiger partial charge in [0.1, 0.15) is 0 Å². The van der Waals surface area contributed by atoms with Crippen LogP contribution in [0, 0.1) is 0 Å². The Morgan fingerprint density at radius 3 is 1.74 bits per heavy atom. The molecule has 3 nitrogen and oxygen atoms in total. The lowest BCUT2D eigenvalue weighted by atomic mass is 10.2. The largest absolute Gasteiger partial charge is 0.407 e. The van der Waals surface area contributed by atoms with Crippen LogP contribution < -0.4 is 10.4 Å². The highest BCUT2D eigenvalue weighted by Gasteiger charge is 2.49. The van der Waals surface area contributed by atoms with Crippen LogP contribution in [0.3, 0.4) is 0 Å². The summed E-state index contributed by atoms with van der Waals surface area (Å²) in [5.41, 5.74) is 0. The van der Waals surface area contributed by atoms with Gasteiger partial charge in [0.2, 0.25) is 0 Å². The third-order valence-corrected chi connectivity index (χ3v) is 12.9. The van der Waals surface area contributed by atoms with E-state index in [9.17, 15) is 8.42 Å². The predicted octanol–water partition coefficient (Wildman–Crippen LogP) is 5.19. The van der Waals surface area contributed by atoms with Gasteiger partial charge in [-0.25, -0.2) is 8.42 Å². The molecule has 0 fully saturated rings. The van der Waals surface area contributed by atoms with Gasteiger partial charge in [0, 0.05) is 11.1 Å². The fraction of sp³-hybridized carbons (Fsp3) is 0.280. The molecule has 31 heavy (non-hydrogen) atoms. The van der Waals surface area contributed by atoms with Gasteiger partial charge in [-0.1, -0.05) is 97.4 Å². The molecule has 0 saturated carbocycles. The van der Waals surface area contributed by atoms with E-state index in [-0.39, 0.29) is 10.8 Å². The molecule has 3 aromatic carbocycles. The summed E-state index contributed by atoms with van der Waals surface area (Å²) < 4.78 is 33.1. The van der Waals surface area contributed by atoms with Crippen molar-refractivity contribution in [1.82, 2.24) is 0 Å². The lowest BCUT2D eigenvalue weighted by Gasteiger charge is -2.43. The molecule has 0 heterocycles. The van der Waals surface area contributed by atoms with Gasteiger partial charge in [-0.2, -0.15) is 0 Å². The minimum Gasteiger partial charge on any atom is -0.407 e. The molecule has 0 spiro atoms. The summed E-state index contributed by atoms with van der Waals surface area (Å²) in [6, 6.07) is 27.6. The molecule has 0 aromatic heterocycles. The summed E-state index contributed by atoms with van der Waals surface area (Å²) in [5, 5.41) is 2.27. The molecule has 0 atom stereocenters. The SMILES string of the molecule is CC(C)(C)[Si](OCCCS(=O)(=O)c1ccc(Br)cc1)(c1ccccc1)c1ccccc1. The van der Waals surface area contributed by atoms with E-state index in [1.54, 1.807) is 24.3 Å². The topological polar surface area (TPSA) is 43.4 Å². The van der Waals surface area contributed by atoms with Crippen molar-refractivity contribution in [1.29, 1.82) is 0 Å². The third kappa shape index (κ3) is 5.37.